The fraction of sp³-hybridized carbons (Fsp3) is 0.400. The molecule has 2 aromatic rings. The molecule has 25 heavy (non-hydrogen) atoms. The van der Waals surface area contributed by atoms with Crippen molar-refractivity contribution >= 4 is 10.0 Å². The molecule has 0 radical (unpaired) electrons. The highest BCUT2D eigenvalue weighted by atomic mass is 32.2. The zero-order valence-corrected chi connectivity index (χ0v) is 14.0. The van der Waals surface area contributed by atoms with Crippen LogP contribution in [0.3, 0.4) is 0 Å². The first-order valence-corrected chi connectivity index (χ1v) is 9.00. The molecular weight excluding hydrogens is 359 g/mol. The molecule has 136 valence electrons. The number of benzene rings is 1. The van der Waals surface area contributed by atoms with E-state index < -0.39 is 44.5 Å². The third-order valence-electron chi connectivity index (χ3n) is 4.28. The van der Waals surface area contributed by atoms with Crippen molar-refractivity contribution in [2.24, 2.45) is 13.0 Å². The van der Waals surface area contributed by atoms with Crippen LogP contribution in [0, 0.1) is 23.4 Å². The van der Waals surface area contributed by atoms with Crippen molar-refractivity contribution in [3.05, 3.63) is 47.5 Å². The number of aliphatic hydroxyl groups is 1. The van der Waals surface area contributed by atoms with Crippen molar-refractivity contribution in [1.29, 1.82) is 0 Å². The van der Waals surface area contributed by atoms with Gasteiger partial charge in [-0.15, -0.1) is 0 Å². The summed E-state index contributed by atoms with van der Waals surface area (Å²) in [6.45, 7) is 0. The summed E-state index contributed by atoms with van der Waals surface area (Å²) in [4.78, 5) is -0.972. The lowest BCUT2D eigenvalue weighted by Gasteiger charge is -2.37. The van der Waals surface area contributed by atoms with E-state index in [2.05, 4.69) is 9.82 Å². The van der Waals surface area contributed by atoms with Crippen molar-refractivity contribution < 1.29 is 26.7 Å². The molecule has 1 aromatic carbocycles. The van der Waals surface area contributed by atoms with E-state index in [4.69, 9.17) is 0 Å². The average Bonchev–Trinajstić information content (AvgIpc) is 2.93. The minimum Gasteiger partial charge on any atom is -0.393 e. The molecule has 1 saturated carbocycles. The highest BCUT2D eigenvalue weighted by Crippen LogP contribution is 2.39. The predicted octanol–water partition coefficient (Wildman–Crippen LogP) is 1.63. The van der Waals surface area contributed by atoms with E-state index in [0.29, 0.717) is 30.5 Å². The zero-order valence-electron chi connectivity index (χ0n) is 13.2. The van der Waals surface area contributed by atoms with Gasteiger partial charge in [-0.1, -0.05) is 0 Å². The van der Waals surface area contributed by atoms with Crippen LogP contribution in [0.1, 0.15) is 24.4 Å². The Bertz CT molecular complexity index is 895. The summed E-state index contributed by atoms with van der Waals surface area (Å²) in [5, 5.41) is 13.5. The second-order valence-electron chi connectivity index (χ2n) is 6.11. The molecule has 0 spiro atoms. The Morgan fingerprint density at radius 2 is 1.96 bits per heavy atom. The van der Waals surface area contributed by atoms with E-state index in [1.807, 2.05) is 0 Å². The predicted molar refractivity (Wildman–Crippen MR) is 81.3 cm³/mol. The molecule has 0 saturated heterocycles. The number of nitrogens with zero attached hydrogens (tertiary/aromatic N) is 2. The maximum Gasteiger partial charge on any atom is 0.244 e. The molecule has 0 amide bonds. The van der Waals surface area contributed by atoms with E-state index in [0.717, 1.165) is 0 Å². The summed E-state index contributed by atoms with van der Waals surface area (Å²) < 4.78 is 69.1. The van der Waals surface area contributed by atoms with Crippen LogP contribution in [0.15, 0.2) is 29.4 Å². The van der Waals surface area contributed by atoms with E-state index in [-0.39, 0.29) is 5.92 Å². The van der Waals surface area contributed by atoms with Crippen LogP contribution in [-0.4, -0.2) is 29.4 Å². The molecule has 2 N–H and O–H groups in total. The normalized spacial score (nSPS) is 21.8. The van der Waals surface area contributed by atoms with Gasteiger partial charge in [0.1, 0.15) is 4.90 Å². The number of nitrogens with one attached hydrogen (secondary N) is 1. The molecule has 1 atom stereocenters. The summed E-state index contributed by atoms with van der Waals surface area (Å²) >= 11 is 0. The number of sulfonamides is 1. The first-order chi connectivity index (χ1) is 11.7. The number of aryl methyl sites for hydroxylation is 1. The molecule has 0 aliphatic heterocycles. The van der Waals surface area contributed by atoms with Crippen LogP contribution < -0.4 is 4.72 Å². The standard InChI is InChI=1S/C15H16F3N3O3S/c1-21-7-9(6-19-21)15(8-4-10(22)5-8)20-25(23,24)12-3-2-11(16)13(17)14(12)18/h2-3,6-8,10,15,20,22H,4-5H2,1H3. The lowest BCUT2D eigenvalue weighted by Crippen LogP contribution is -2.41. The van der Waals surface area contributed by atoms with Crippen molar-refractivity contribution in [1.82, 2.24) is 14.5 Å². The Labute approximate surface area is 142 Å². The highest BCUT2D eigenvalue weighted by Gasteiger charge is 2.38. The average molecular weight is 375 g/mol. The maximum atomic E-state index is 13.9. The Kier molecular flexibility index (Phi) is 4.60. The Hall–Kier alpha value is -1.91. The number of aromatic nitrogens is 2. The number of hydrogen-bond acceptors (Lipinski definition) is 4. The quantitative estimate of drug-likeness (QED) is 0.778. The molecule has 1 aromatic heterocycles. The van der Waals surface area contributed by atoms with Crippen LogP contribution in [0.2, 0.25) is 0 Å². The summed E-state index contributed by atoms with van der Waals surface area (Å²) in [5.74, 6) is -5.31. The van der Waals surface area contributed by atoms with Gasteiger partial charge in [0.05, 0.1) is 18.3 Å². The van der Waals surface area contributed by atoms with Gasteiger partial charge >= 0.3 is 0 Å². The fourth-order valence-corrected chi connectivity index (χ4v) is 4.25. The lowest BCUT2D eigenvalue weighted by molar-refractivity contribution is 0.0280. The Morgan fingerprint density at radius 1 is 1.28 bits per heavy atom. The third-order valence-corrected chi connectivity index (χ3v) is 5.73. The molecule has 6 nitrogen and oxygen atoms in total. The highest BCUT2D eigenvalue weighted by molar-refractivity contribution is 7.89. The van der Waals surface area contributed by atoms with Gasteiger partial charge in [-0.05, 0) is 30.9 Å². The van der Waals surface area contributed by atoms with E-state index in [9.17, 15) is 26.7 Å². The van der Waals surface area contributed by atoms with Crippen molar-refractivity contribution in [3.63, 3.8) is 0 Å². The summed E-state index contributed by atoms with van der Waals surface area (Å²) in [7, 11) is -2.80. The van der Waals surface area contributed by atoms with Crippen LogP contribution in [0.5, 0.6) is 0 Å². The summed E-state index contributed by atoms with van der Waals surface area (Å²) in [6, 6.07) is 0.458. The van der Waals surface area contributed by atoms with Crippen LogP contribution in [-0.2, 0) is 17.1 Å². The van der Waals surface area contributed by atoms with Crippen LogP contribution >= 0.6 is 0 Å². The second kappa shape index (κ2) is 6.43. The zero-order chi connectivity index (χ0) is 18.4. The van der Waals surface area contributed by atoms with E-state index in [1.165, 1.54) is 10.9 Å². The SMILES string of the molecule is Cn1cc(C(NS(=O)(=O)c2ccc(F)c(F)c2F)C2CC(O)C2)cn1. The van der Waals surface area contributed by atoms with Gasteiger partial charge in [-0.2, -0.15) is 5.10 Å². The number of halogens is 3. The number of hydrogen-bond donors (Lipinski definition) is 2. The Balaban J connectivity index is 1.94. The van der Waals surface area contributed by atoms with Crippen molar-refractivity contribution in [2.75, 3.05) is 0 Å². The lowest BCUT2D eigenvalue weighted by atomic mass is 9.76. The van der Waals surface area contributed by atoms with E-state index >= 15 is 0 Å². The number of rotatable bonds is 5. The van der Waals surface area contributed by atoms with Gasteiger partial charge in [0.25, 0.3) is 0 Å². The fourth-order valence-electron chi connectivity index (χ4n) is 2.89. The van der Waals surface area contributed by atoms with Gasteiger partial charge in [0.15, 0.2) is 17.5 Å². The third kappa shape index (κ3) is 3.42. The van der Waals surface area contributed by atoms with Crippen molar-refractivity contribution in [3.8, 4) is 0 Å². The van der Waals surface area contributed by atoms with Crippen LogP contribution in [0.25, 0.3) is 0 Å². The first kappa shape index (κ1) is 17.9. The minimum absolute atomic E-state index is 0.220. The summed E-state index contributed by atoms with van der Waals surface area (Å²) in [5.41, 5.74) is 0.533. The monoisotopic (exact) mass is 375 g/mol. The molecule has 10 heteroatoms. The van der Waals surface area contributed by atoms with Gasteiger partial charge in [-0.25, -0.2) is 26.3 Å². The molecule has 0 bridgehead atoms. The van der Waals surface area contributed by atoms with E-state index in [1.54, 1.807) is 13.2 Å². The Morgan fingerprint density at radius 3 is 2.52 bits per heavy atom. The van der Waals surface area contributed by atoms with Gasteiger partial charge in [-0.3, -0.25) is 4.68 Å². The molecule has 1 fully saturated rings. The summed E-state index contributed by atoms with van der Waals surface area (Å²) in [6.07, 6.45) is 3.25. The topological polar surface area (TPSA) is 84.2 Å². The minimum atomic E-state index is -4.46. The first-order valence-electron chi connectivity index (χ1n) is 7.51. The second-order valence-corrected chi connectivity index (χ2v) is 7.79. The largest absolute Gasteiger partial charge is 0.393 e. The number of aliphatic hydroxyl groups excluding tert-OH is 1. The molecule has 1 unspecified atom stereocenters. The van der Waals surface area contributed by atoms with Gasteiger partial charge < -0.3 is 5.11 Å². The molecule has 3 rings (SSSR count). The molecule has 1 aliphatic rings. The molecule has 1 heterocycles. The molecular formula is C15H16F3N3O3S. The van der Waals surface area contributed by atoms with Gasteiger partial charge in [0, 0.05) is 18.8 Å². The van der Waals surface area contributed by atoms with Crippen molar-refractivity contribution in [2.45, 2.75) is 29.9 Å². The maximum absolute atomic E-state index is 13.9. The van der Waals surface area contributed by atoms with Crippen LogP contribution in [0.4, 0.5) is 13.2 Å². The van der Waals surface area contributed by atoms with Gasteiger partial charge in [0.2, 0.25) is 10.0 Å². The smallest absolute Gasteiger partial charge is 0.244 e. The molecule has 1 aliphatic carbocycles.